The van der Waals surface area contributed by atoms with Gasteiger partial charge in [-0.1, -0.05) is 0 Å². The zero-order valence-corrected chi connectivity index (χ0v) is 11.6. The van der Waals surface area contributed by atoms with Crippen LogP contribution in [0.25, 0.3) is 0 Å². The first-order valence-electron chi connectivity index (χ1n) is 6.34. The molecule has 7 heteroatoms. The van der Waals surface area contributed by atoms with Crippen molar-refractivity contribution in [3.8, 4) is 5.75 Å². The van der Waals surface area contributed by atoms with Crippen molar-refractivity contribution in [1.29, 1.82) is 0 Å². The lowest BCUT2D eigenvalue weighted by Gasteiger charge is -2.06. The second-order valence-corrected chi connectivity index (χ2v) is 4.48. The van der Waals surface area contributed by atoms with Gasteiger partial charge in [-0.15, -0.1) is 0 Å². The summed E-state index contributed by atoms with van der Waals surface area (Å²) < 4.78 is 5.12. The lowest BCUT2D eigenvalue weighted by molar-refractivity contribution is -0.119. The summed E-state index contributed by atoms with van der Waals surface area (Å²) in [6, 6.07) is 6.46. The summed E-state index contributed by atoms with van der Waals surface area (Å²) in [7, 11) is 0. The number of rotatable bonds is 6. The summed E-state index contributed by atoms with van der Waals surface area (Å²) in [5.41, 5.74) is 7.34. The Labute approximate surface area is 121 Å². The van der Waals surface area contributed by atoms with Crippen LogP contribution < -0.4 is 15.8 Å². The van der Waals surface area contributed by atoms with E-state index in [1.54, 1.807) is 30.5 Å². The quantitative estimate of drug-likeness (QED) is 0.719. The van der Waals surface area contributed by atoms with E-state index in [4.69, 9.17) is 10.5 Å². The van der Waals surface area contributed by atoms with Gasteiger partial charge in [0.2, 0.25) is 0 Å². The summed E-state index contributed by atoms with van der Waals surface area (Å²) >= 11 is 0. The highest BCUT2D eigenvalue weighted by molar-refractivity contribution is 5.94. The third-order valence-corrected chi connectivity index (χ3v) is 2.87. The number of ether oxygens (including phenoxy) is 1. The Hall–Kier alpha value is -2.83. The molecule has 0 atom stereocenters. The number of carbonyl (C=O) groups is 2. The number of aryl methyl sites for hydroxylation is 1. The Kier molecular flexibility index (Phi) is 4.55. The SMILES string of the molecule is Cc1[nH]ncc1CNC(=O)c1ccc(OCC(N)=O)cc1. The largest absolute Gasteiger partial charge is 0.484 e. The van der Waals surface area contributed by atoms with Gasteiger partial charge in [-0.05, 0) is 31.2 Å². The first-order chi connectivity index (χ1) is 10.1. The lowest BCUT2D eigenvalue weighted by Crippen LogP contribution is -2.23. The van der Waals surface area contributed by atoms with Gasteiger partial charge in [0.05, 0.1) is 6.20 Å². The number of aromatic nitrogens is 2. The molecule has 0 aliphatic rings. The molecule has 0 spiro atoms. The fourth-order valence-electron chi connectivity index (χ4n) is 1.69. The number of hydrogen-bond acceptors (Lipinski definition) is 4. The fourth-order valence-corrected chi connectivity index (χ4v) is 1.69. The van der Waals surface area contributed by atoms with Crippen LogP contribution in [0.5, 0.6) is 5.75 Å². The van der Waals surface area contributed by atoms with E-state index < -0.39 is 5.91 Å². The molecule has 1 aromatic carbocycles. The molecule has 4 N–H and O–H groups in total. The minimum Gasteiger partial charge on any atom is -0.484 e. The second kappa shape index (κ2) is 6.56. The van der Waals surface area contributed by atoms with Crippen molar-refractivity contribution in [3.63, 3.8) is 0 Å². The van der Waals surface area contributed by atoms with Gasteiger partial charge in [-0.25, -0.2) is 0 Å². The van der Waals surface area contributed by atoms with Gasteiger partial charge in [0.15, 0.2) is 6.61 Å². The highest BCUT2D eigenvalue weighted by atomic mass is 16.5. The monoisotopic (exact) mass is 288 g/mol. The molecule has 2 aromatic rings. The summed E-state index contributed by atoms with van der Waals surface area (Å²) in [5, 5.41) is 9.49. The number of benzene rings is 1. The number of nitrogens with one attached hydrogen (secondary N) is 2. The zero-order chi connectivity index (χ0) is 15.2. The van der Waals surface area contributed by atoms with Gasteiger partial charge in [-0.2, -0.15) is 5.10 Å². The molecular formula is C14H16N4O3. The van der Waals surface area contributed by atoms with Crippen LogP contribution in [0, 0.1) is 6.92 Å². The van der Waals surface area contributed by atoms with E-state index in [2.05, 4.69) is 15.5 Å². The number of hydrogen-bond donors (Lipinski definition) is 3. The fraction of sp³-hybridized carbons (Fsp3) is 0.214. The van der Waals surface area contributed by atoms with E-state index in [9.17, 15) is 9.59 Å². The van der Waals surface area contributed by atoms with Gasteiger partial charge in [0.25, 0.3) is 11.8 Å². The third-order valence-electron chi connectivity index (χ3n) is 2.87. The standard InChI is InChI=1S/C14H16N4O3/c1-9-11(7-17-18-9)6-16-14(20)10-2-4-12(5-3-10)21-8-13(15)19/h2-5,7H,6,8H2,1H3,(H2,15,19)(H,16,20)(H,17,18). The first-order valence-corrected chi connectivity index (χ1v) is 6.34. The first kappa shape index (κ1) is 14.6. The number of H-pyrrole nitrogens is 1. The predicted molar refractivity (Wildman–Crippen MR) is 75.6 cm³/mol. The minimum atomic E-state index is -0.549. The van der Waals surface area contributed by atoms with E-state index in [1.807, 2.05) is 6.92 Å². The van der Waals surface area contributed by atoms with Crippen LogP contribution in [0.3, 0.4) is 0 Å². The van der Waals surface area contributed by atoms with Crippen LogP contribution in [0.15, 0.2) is 30.5 Å². The van der Waals surface area contributed by atoms with Gasteiger partial charge < -0.3 is 15.8 Å². The van der Waals surface area contributed by atoms with Crippen molar-refractivity contribution in [2.45, 2.75) is 13.5 Å². The number of nitrogens with zero attached hydrogens (tertiary/aromatic N) is 1. The molecule has 0 aliphatic carbocycles. The molecule has 1 heterocycles. The number of primary amides is 1. The third kappa shape index (κ3) is 4.07. The summed E-state index contributed by atoms with van der Waals surface area (Å²) in [6.07, 6.45) is 1.68. The zero-order valence-electron chi connectivity index (χ0n) is 11.6. The molecular weight excluding hydrogens is 272 g/mol. The van der Waals surface area contributed by atoms with E-state index in [1.165, 1.54) is 0 Å². The molecule has 2 amide bonds. The van der Waals surface area contributed by atoms with Crippen molar-refractivity contribution in [3.05, 3.63) is 47.3 Å². The van der Waals surface area contributed by atoms with Crippen molar-refractivity contribution in [2.24, 2.45) is 5.73 Å². The summed E-state index contributed by atoms with van der Waals surface area (Å²) in [6.45, 7) is 2.10. The van der Waals surface area contributed by atoms with Crippen LogP contribution in [0.2, 0.25) is 0 Å². The Morgan fingerprint density at radius 3 is 2.62 bits per heavy atom. The Bertz CT molecular complexity index is 634. The molecule has 0 saturated carbocycles. The smallest absolute Gasteiger partial charge is 0.255 e. The Morgan fingerprint density at radius 1 is 1.33 bits per heavy atom. The van der Waals surface area contributed by atoms with Crippen molar-refractivity contribution < 1.29 is 14.3 Å². The predicted octanol–water partition coefficient (Wildman–Crippen LogP) is 0.512. The van der Waals surface area contributed by atoms with E-state index in [0.29, 0.717) is 17.9 Å². The van der Waals surface area contributed by atoms with E-state index in [0.717, 1.165) is 11.3 Å². The number of nitrogens with two attached hydrogens (primary N) is 1. The maximum atomic E-state index is 12.0. The minimum absolute atomic E-state index is 0.189. The van der Waals surface area contributed by atoms with Crippen LogP contribution in [-0.4, -0.2) is 28.6 Å². The highest BCUT2D eigenvalue weighted by Crippen LogP contribution is 2.12. The number of amides is 2. The van der Waals surface area contributed by atoms with E-state index in [-0.39, 0.29) is 12.5 Å². The lowest BCUT2D eigenvalue weighted by atomic mass is 10.2. The van der Waals surface area contributed by atoms with Crippen molar-refractivity contribution in [1.82, 2.24) is 15.5 Å². The molecule has 7 nitrogen and oxygen atoms in total. The molecule has 1 aromatic heterocycles. The molecule has 0 fully saturated rings. The van der Waals surface area contributed by atoms with Gasteiger partial charge >= 0.3 is 0 Å². The molecule has 0 saturated heterocycles. The number of aromatic amines is 1. The average molecular weight is 288 g/mol. The maximum absolute atomic E-state index is 12.0. The average Bonchev–Trinajstić information content (AvgIpc) is 2.88. The Balaban J connectivity index is 1.90. The van der Waals surface area contributed by atoms with Gasteiger partial charge in [0.1, 0.15) is 5.75 Å². The molecule has 21 heavy (non-hydrogen) atoms. The van der Waals surface area contributed by atoms with Crippen LogP contribution in [-0.2, 0) is 11.3 Å². The van der Waals surface area contributed by atoms with E-state index >= 15 is 0 Å². The molecule has 0 radical (unpaired) electrons. The summed E-state index contributed by atoms with van der Waals surface area (Å²) in [4.78, 5) is 22.6. The molecule has 110 valence electrons. The topological polar surface area (TPSA) is 110 Å². The molecule has 0 bridgehead atoms. The summed E-state index contributed by atoms with van der Waals surface area (Å²) in [5.74, 6) is -0.264. The molecule has 0 unspecified atom stereocenters. The van der Waals surface area contributed by atoms with Crippen LogP contribution >= 0.6 is 0 Å². The van der Waals surface area contributed by atoms with Crippen molar-refractivity contribution >= 4 is 11.8 Å². The molecule has 2 rings (SSSR count). The Morgan fingerprint density at radius 2 is 2.05 bits per heavy atom. The van der Waals surface area contributed by atoms with Gasteiger partial charge in [0, 0.05) is 23.4 Å². The van der Waals surface area contributed by atoms with Crippen molar-refractivity contribution in [2.75, 3.05) is 6.61 Å². The maximum Gasteiger partial charge on any atom is 0.255 e. The van der Waals surface area contributed by atoms with Crippen LogP contribution in [0.1, 0.15) is 21.6 Å². The van der Waals surface area contributed by atoms with Gasteiger partial charge in [-0.3, -0.25) is 14.7 Å². The normalized spacial score (nSPS) is 10.1. The number of carbonyl (C=O) groups excluding carboxylic acids is 2. The van der Waals surface area contributed by atoms with Crippen LogP contribution in [0.4, 0.5) is 0 Å². The highest BCUT2D eigenvalue weighted by Gasteiger charge is 2.07. The second-order valence-electron chi connectivity index (χ2n) is 4.48. The molecule has 0 aliphatic heterocycles.